The summed E-state index contributed by atoms with van der Waals surface area (Å²) < 4.78 is 4.48. The Morgan fingerprint density at radius 2 is 1.72 bits per heavy atom. The molecule has 8 heteroatoms. The number of rotatable bonds is 9. The van der Waals surface area contributed by atoms with Crippen molar-refractivity contribution in [1.29, 1.82) is 0 Å². The predicted molar refractivity (Wildman–Crippen MR) is 123 cm³/mol. The van der Waals surface area contributed by atoms with Crippen LogP contribution in [0.15, 0.2) is 78.0 Å². The number of nitrogens with one attached hydrogen (secondary N) is 2. The molecule has 2 aromatic carbocycles. The Morgan fingerprint density at radius 1 is 0.969 bits per heavy atom. The molecule has 3 rings (SSSR count). The molecular formula is C24H23N3O4S. The first-order valence-corrected chi connectivity index (χ1v) is 10.9. The van der Waals surface area contributed by atoms with Gasteiger partial charge in [0.2, 0.25) is 5.91 Å². The zero-order valence-electron chi connectivity index (χ0n) is 17.5. The van der Waals surface area contributed by atoms with E-state index in [0.717, 1.165) is 21.8 Å². The largest absolute Gasteiger partial charge is 0.468 e. The summed E-state index contributed by atoms with van der Waals surface area (Å²) in [5, 5.41) is 5.33. The molecule has 0 aliphatic rings. The summed E-state index contributed by atoms with van der Waals surface area (Å²) in [5.41, 5.74) is 3.09. The fraction of sp³-hybridized carbons (Fsp3) is 0.167. The van der Waals surface area contributed by atoms with E-state index >= 15 is 0 Å². The van der Waals surface area contributed by atoms with Crippen LogP contribution in [0.4, 0.5) is 5.69 Å². The van der Waals surface area contributed by atoms with Gasteiger partial charge in [-0.25, -0.2) is 0 Å². The molecule has 0 aliphatic carbocycles. The van der Waals surface area contributed by atoms with Crippen LogP contribution in [-0.2, 0) is 26.5 Å². The van der Waals surface area contributed by atoms with E-state index in [9.17, 15) is 14.4 Å². The Hall–Kier alpha value is -3.65. The molecule has 0 saturated carbocycles. The smallest absolute Gasteiger partial charge is 0.325 e. The maximum Gasteiger partial charge on any atom is 0.325 e. The number of hydrogen-bond acceptors (Lipinski definition) is 6. The third-order valence-electron chi connectivity index (χ3n) is 4.48. The highest BCUT2D eigenvalue weighted by Crippen LogP contribution is 2.23. The zero-order valence-corrected chi connectivity index (χ0v) is 18.4. The molecule has 0 fully saturated rings. The molecule has 1 heterocycles. The fourth-order valence-electron chi connectivity index (χ4n) is 2.75. The van der Waals surface area contributed by atoms with Gasteiger partial charge in [0.1, 0.15) is 6.54 Å². The van der Waals surface area contributed by atoms with E-state index in [1.54, 1.807) is 54.4 Å². The highest BCUT2D eigenvalue weighted by Gasteiger charge is 2.09. The number of esters is 1. The van der Waals surface area contributed by atoms with Crippen LogP contribution in [0.25, 0.3) is 0 Å². The average molecular weight is 450 g/mol. The number of carbonyl (C=O) groups excluding carboxylic acids is 3. The third-order valence-corrected chi connectivity index (χ3v) is 5.56. The first-order chi connectivity index (χ1) is 15.5. The Kier molecular flexibility index (Phi) is 8.39. The molecule has 0 bridgehead atoms. The van der Waals surface area contributed by atoms with Gasteiger partial charge in [-0.1, -0.05) is 18.2 Å². The van der Waals surface area contributed by atoms with Crippen LogP contribution >= 0.6 is 11.8 Å². The van der Waals surface area contributed by atoms with Crippen molar-refractivity contribution in [3.8, 4) is 0 Å². The Balaban J connectivity index is 1.48. The molecule has 0 unspecified atom stereocenters. The summed E-state index contributed by atoms with van der Waals surface area (Å²) in [6.45, 7) is -0.162. The number of hydrogen-bond donors (Lipinski definition) is 2. The molecule has 0 radical (unpaired) electrons. The molecule has 7 nitrogen and oxygen atoms in total. The third kappa shape index (κ3) is 7.24. The van der Waals surface area contributed by atoms with Gasteiger partial charge in [-0.2, -0.15) is 0 Å². The summed E-state index contributed by atoms with van der Waals surface area (Å²) in [6, 6.07) is 18.4. The monoisotopic (exact) mass is 449 g/mol. The summed E-state index contributed by atoms with van der Waals surface area (Å²) >= 11 is 1.68. The molecule has 1 aromatic heterocycles. The van der Waals surface area contributed by atoms with Crippen molar-refractivity contribution in [3.63, 3.8) is 0 Å². The minimum Gasteiger partial charge on any atom is -0.468 e. The first-order valence-electron chi connectivity index (χ1n) is 9.89. The second-order valence-corrected chi connectivity index (χ2v) is 7.90. The molecule has 0 saturated heterocycles. The second kappa shape index (κ2) is 11.7. The molecular weight excluding hydrogens is 426 g/mol. The topological polar surface area (TPSA) is 97.4 Å². The number of carbonyl (C=O) groups is 3. The molecule has 0 spiro atoms. The van der Waals surface area contributed by atoms with Crippen LogP contribution in [0.3, 0.4) is 0 Å². The Labute approximate surface area is 190 Å². The van der Waals surface area contributed by atoms with Crippen molar-refractivity contribution in [2.75, 3.05) is 19.0 Å². The van der Waals surface area contributed by atoms with Gasteiger partial charge in [0, 0.05) is 34.3 Å². The van der Waals surface area contributed by atoms with Crippen LogP contribution in [0.5, 0.6) is 0 Å². The molecule has 2 N–H and O–H groups in total. The number of aromatic nitrogens is 1. The summed E-state index contributed by atoms with van der Waals surface area (Å²) in [4.78, 5) is 40.6. The van der Waals surface area contributed by atoms with E-state index < -0.39 is 5.97 Å². The average Bonchev–Trinajstić information content (AvgIpc) is 2.83. The lowest BCUT2D eigenvalue weighted by Gasteiger charge is -2.08. The number of anilines is 1. The number of nitrogens with zero attached hydrogens (tertiary/aromatic N) is 1. The summed E-state index contributed by atoms with van der Waals surface area (Å²) in [6.07, 6.45) is 3.72. The van der Waals surface area contributed by atoms with Crippen LogP contribution in [-0.4, -0.2) is 36.4 Å². The van der Waals surface area contributed by atoms with Gasteiger partial charge in [-0.3, -0.25) is 19.4 Å². The van der Waals surface area contributed by atoms with E-state index in [2.05, 4.69) is 20.4 Å². The van der Waals surface area contributed by atoms with Crippen molar-refractivity contribution in [2.24, 2.45) is 0 Å². The minimum absolute atomic E-state index is 0.128. The first kappa shape index (κ1) is 23.0. The quantitative estimate of drug-likeness (QED) is 0.384. The number of thioether (sulfide) groups is 1. The van der Waals surface area contributed by atoms with Crippen molar-refractivity contribution in [3.05, 3.63) is 89.7 Å². The lowest BCUT2D eigenvalue weighted by molar-refractivity contribution is -0.141. The molecule has 3 aromatic rings. The zero-order chi connectivity index (χ0) is 22.8. The SMILES string of the molecule is COC(=O)CNC(=O)Cc1ccc(NC(=O)c2ccc(SCc3cccnc3)cc2)cc1. The van der Waals surface area contributed by atoms with Gasteiger partial charge in [-0.05, 0) is 53.6 Å². The maximum absolute atomic E-state index is 12.5. The van der Waals surface area contributed by atoms with Gasteiger partial charge < -0.3 is 15.4 Å². The molecule has 32 heavy (non-hydrogen) atoms. The summed E-state index contributed by atoms with van der Waals surface area (Å²) in [7, 11) is 1.26. The standard InChI is InChI=1S/C24H23N3O4S/c1-31-23(29)15-26-22(28)13-17-4-8-20(9-5-17)27-24(30)19-6-10-21(11-7-19)32-16-18-3-2-12-25-14-18/h2-12,14H,13,15-16H2,1H3,(H,26,28)(H,27,30). The highest BCUT2D eigenvalue weighted by molar-refractivity contribution is 7.98. The van der Waals surface area contributed by atoms with Gasteiger partial charge in [0.05, 0.1) is 13.5 Å². The van der Waals surface area contributed by atoms with Crippen molar-refractivity contribution < 1.29 is 19.1 Å². The Bertz CT molecular complexity index is 1050. The summed E-state index contributed by atoms with van der Waals surface area (Å²) in [5.74, 6) is -0.186. The van der Waals surface area contributed by atoms with E-state index in [1.165, 1.54) is 7.11 Å². The van der Waals surface area contributed by atoms with Gasteiger partial charge in [0.15, 0.2) is 0 Å². The number of ether oxygens (including phenoxy) is 1. The molecule has 0 atom stereocenters. The van der Waals surface area contributed by atoms with E-state index in [0.29, 0.717) is 11.3 Å². The van der Waals surface area contributed by atoms with Crippen molar-refractivity contribution in [1.82, 2.24) is 10.3 Å². The number of methoxy groups -OCH3 is 1. The Morgan fingerprint density at radius 3 is 2.38 bits per heavy atom. The number of pyridine rings is 1. The molecule has 2 amide bonds. The van der Waals surface area contributed by atoms with Crippen molar-refractivity contribution >= 4 is 35.2 Å². The van der Waals surface area contributed by atoms with Gasteiger partial charge in [0.25, 0.3) is 5.91 Å². The van der Waals surface area contributed by atoms with Crippen LogP contribution in [0, 0.1) is 0 Å². The second-order valence-electron chi connectivity index (χ2n) is 6.86. The van der Waals surface area contributed by atoms with E-state index in [1.807, 2.05) is 30.5 Å². The van der Waals surface area contributed by atoms with E-state index in [-0.39, 0.29) is 24.8 Å². The van der Waals surface area contributed by atoms with Gasteiger partial charge >= 0.3 is 5.97 Å². The number of benzene rings is 2. The fourth-order valence-corrected chi connectivity index (χ4v) is 3.59. The lowest BCUT2D eigenvalue weighted by atomic mass is 10.1. The number of amides is 2. The highest BCUT2D eigenvalue weighted by atomic mass is 32.2. The van der Waals surface area contributed by atoms with Crippen LogP contribution < -0.4 is 10.6 Å². The van der Waals surface area contributed by atoms with Crippen LogP contribution in [0.2, 0.25) is 0 Å². The maximum atomic E-state index is 12.5. The van der Waals surface area contributed by atoms with Crippen LogP contribution in [0.1, 0.15) is 21.5 Å². The van der Waals surface area contributed by atoms with Gasteiger partial charge in [-0.15, -0.1) is 11.8 Å². The predicted octanol–water partition coefficient (Wildman–Crippen LogP) is 3.46. The van der Waals surface area contributed by atoms with E-state index in [4.69, 9.17) is 0 Å². The van der Waals surface area contributed by atoms with Crippen molar-refractivity contribution in [2.45, 2.75) is 17.1 Å². The minimum atomic E-state index is -0.503. The molecule has 164 valence electrons. The molecule has 0 aliphatic heterocycles. The normalized spacial score (nSPS) is 10.3. The lowest BCUT2D eigenvalue weighted by Crippen LogP contribution is -2.31.